The van der Waals surface area contributed by atoms with Gasteiger partial charge in [-0.2, -0.15) is 0 Å². The van der Waals surface area contributed by atoms with Crippen molar-refractivity contribution in [3.05, 3.63) is 58.2 Å². The van der Waals surface area contributed by atoms with Gasteiger partial charge in [0, 0.05) is 29.4 Å². The van der Waals surface area contributed by atoms with Crippen LogP contribution in [0, 0.1) is 10.1 Å². The number of hydrogen-bond donors (Lipinski definition) is 0. The standard InChI is InChI=1S/C16H18N2O4/c1-2-13(18(20)21)10-16-9-8-14(19)17(16)15(22-11-16)12-6-4-3-5-7-12/h3-9,13,15H,2,10-11H2,1H3/t13?,15-,16+/m1/s1. The second-order valence-electron chi connectivity index (χ2n) is 5.77. The molecule has 1 saturated heterocycles. The highest BCUT2D eigenvalue weighted by atomic mass is 16.6. The van der Waals surface area contributed by atoms with Crippen LogP contribution >= 0.6 is 0 Å². The second kappa shape index (κ2) is 5.53. The molecule has 0 spiro atoms. The maximum Gasteiger partial charge on any atom is 0.249 e. The summed E-state index contributed by atoms with van der Waals surface area (Å²) in [4.78, 5) is 24.8. The molecule has 0 aliphatic carbocycles. The molecule has 3 rings (SSSR count). The molecule has 2 aliphatic heterocycles. The lowest BCUT2D eigenvalue weighted by molar-refractivity contribution is -0.525. The summed E-state index contributed by atoms with van der Waals surface area (Å²) in [6, 6.07) is 8.79. The van der Waals surface area contributed by atoms with E-state index in [1.54, 1.807) is 17.9 Å². The van der Waals surface area contributed by atoms with E-state index in [4.69, 9.17) is 4.74 Å². The molecule has 6 heteroatoms. The highest BCUT2D eigenvalue weighted by Crippen LogP contribution is 2.44. The van der Waals surface area contributed by atoms with E-state index >= 15 is 0 Å². The number of hydrogen-bond acceptors (Lipinski definition) is 4. The number of amides is 1. The van der Waals surface area contributed by atoms with E-state index in [-0.39, 0.29) is 17.3 Å². The molecule has 6 nitrogen and oxygen atoms in total. The zero-order chi connectivity index (χ0) is 15.7. The van der Waals surface area contributed by atoms with Crippen LogP contribution in [0.1, 0.15) is 31.6 Å². The molecule has 2 aliphatic rings. The Morgan fingerprint density at radius 2 is 2.18 bits per heavy atom. The average Bonchev–Trinajstić information content (AvgIpc) is 3.04. The third-order valence-corrected chi connectivity index (χ3v) is 4.42. The summed E-state index contributed by atoms with van der Waals surface area (Å²) < 4.78 is 5.84. The highest BCUT2D eigenvalue weighted by molar-refractivity contribution is 5.92. The maximum absolute atomic E-state index is 12.3. The summed E-state index contributed by atoms with van der Waals surface area (Å²) in [5.41, 5.74) is 0.182. The van der Waals surface area contributed by atoms with E-state index in [9.17, 15) is 14.9 Å². The molecule has 1 fully saturated rings. The van der Waals surface area contributed by atoms with Gasteiger partial charge in [0.15, 0.2) is 6.23 Å². The van der Waals surface area contributed by atoms with Crippen molar-refractivity contribution in [2.24, 2.45) is 0 Å². The first-order chi connectivity index (χ1) is 10.6. The first-order valence-corrected chi connectivity index (χ1v) is 7.40. The monoisotopic (exact) mass is 302 g/mol. The predicted molar refractivity (Wildman–Crippen MR) is 79.5 cm³/mol. The molecule has 0 radical (unpaired) electrons. The van der Waals surface area contributed by atoms with Gasteiger partial charge in [-0.15, -0.1) is 0 Å². The van der Waals surface area contributed by atoms with Crippen LogP contribution in [-0.4, -0.2) is 33.9 Å². The maximum atomic E-state index is 12.3. The molecule has 0 bridgehead atoms. The average molecular weight is 302 g/mol. The summed E-state index contributed by atoms with van der Waals surface area (Å²) in [5, 5.41) is 11.2. The Morgan fingerprint density at radius 1 is 1.45 bits per heavy atom. The molecular formula is C16H18N2O4. The van der Waals surface area contributed by atoms with E-state index in [1.807, 2.05) is 30.3 Å². The molecule has 1 aromatic carbocycles. The van der Waals surface area contributed by atoms with Gasteiger partial charge >= 0.3 is 0 Å². The van der Waals surface area contributed by atoms with E-state index < -0.39 is 17.8 Å². The Labute approximate surface area is 128 Å². The van der Waals surface area contributed by atoms with Gasteiger partial charge in [0.05, 0.1) is 12.1 Å². The minimum Gasteiger partial charge on any atom is -0.351 e. The van der Waals surface area contributed by atoms with Crippen molar-refractivity contribution in [2.45, 2.75) is 37.6 Å². The van der Waals surface area contributed by atoms with E-state index in [0.29, 0.717) is 13.0 Å². The molecule has 2 heterocycles. The molecular weight excluding hydrogens is 284 g/mol. The van der Waals surface area contributed by atoms with Crippen LogP contribution in [0.5, 0.6) is 0 Å². The molecule has 0 N–H and O–H groups in total. The number of nitro groups is 1. The van der Waals surface area contributed by atoms with Crippen molar-refractivity contribution in [3.63, 3.8) is 0 Å². The van der Waals surface area contributed by atoms with Gasteiger partial charge in [-0.1, -0.05) is 43.3 Å². The lowest BCUT2D eigenvalue weighted by Crippen LogP contribution is -2.47. The van der Waals surface area contributed by atoms with Gasteiger partial charge < -0.3 is 4.74 Å². The SMILES string of the molecule is CCC(C[C@]12C=CC(=O)N1[C@@H](c1ccccc1)OC2)[N+](=O)[O-]. The lowest BCUT2D eigenvalue weighted by atomic mass is 9.91. The first kappa shape index (κ1) is 14.7. The molecule has 1 unspecified atom stereocenters. The van der Waals surface area contributed by atoms with Gasteiger partial charge in [-0.25, -0.2) is 0 Å². The summed E-state index contributed by atoms with van der Waals surface area (Å²) in [7, 11) is 0. The zero-order valence-electron chi connectivity index (χ0n) is 12.3. The largest absolute Gasteiger partial charge is 0.351 e. The predicted octanol–water partition coefficient (Wildman–Crippen LogP) is 2.30. The second-order valence-corrected chi connectivity index (χ2v) is 5.77. The third kappa shape index (κ3) is 2.29. The van der Waals surface area contributed by atoms with E-state index in [2.05, 4.69) is 0 Å². The van der Waals surface area contributed by atoms with Crippen LogP contribution in [-0.2, 0) is 9.53 Å². The van der Waals surface area contributed by atoms with Crippen LogP contribution in [0.25, 0.3) is 0 Å². The van der Waals surface area contributed by atoms with Crippen LogP contribution in [0.4, 0.5) is 0 Å². The molecule has 1 aromatic rings. The fraction of sp³-hybridized carbons (Fsp3) is 0.438. The van der Waals surface area contributed by atoms with Gasteiger partial charge in [0.2, 0.25) is 11.9 Å². The quantitative estimate of drug-likeness (QED) is 0.618. The van der Waals surface area contributed by atoms with Crippen molar-refractivity contribution in [1.29, 1.82) is 0 Å². The number of fused-ring (bicyclic) bond motifs is 1. The van der Waals surface area contributed by atoms with Crippen LogP contribution in [0.2, 0.25) is 0 Å². The number of ether oxygens (including phenoxy) is 1. The normalized spacial score (nSPS) is 28.0. The molecule has 0 saturated carbocycles. The first-order valence-electron chi connectivity index (χ1n) is 7.40. The van der Waals surface area contributed by atoms with Crippen molar-refractivity contribution < 1.29 is 14.5 Å². The highest BCUT2D eigenvalue weighted by Gasteiger charge is 2.53. The summed E-state index contributed by atoms with van der Waals surface area (Å²) in [6.07, 6.45) is 3.51. The molecule has 1 amide bonds. The van der Waals surface area contributed by atoms with Crippen molar-refractivity contribution in [3.8, 4) is 0 Å². The summed E-state index contributed by atoms with van der Waals surface area (Å²) in [6.45, 7) is 2.08. The fourth-order valence-corrected chi connectivity index (χ4v) is 3.24. The summed E-state index contributed by atoms with van der Waals surface area (Å²) in [5.74, 6) is -0.149. The third-order valence-electron chi connectivity index (χ3n) is 4.42. The molecule has 0 aromatic heterocycles. The molecule has 22 heavy (non-hydrogen) atoms. The van der Waals surface area contributed by atoms with Gasteiger partial charge in [0.1, 0.15) is 0 Å². The summed E-state index contributed by atoms with van der Waals surface area (Å²) >= 11 is 0. The Bertz CT molecular complexity index is 616. The van der Waals surface area contributed by atoms with Gasteiger partial charge in [-0.05, 0) is 0 Å². The van der Waals surface area contributed by atoms with E-state index in [1.165, 1.54) is 6.08 Å². The number of carbonyl (C=O) groups excluding carboxylic acids is 1. The van der Waals surface area contributed by atoms with Gasteiger partial charge in [0.25, 0.3) is 0 Å². The minimum atomic E-state index is -0.703. The van der Waals surface area contributed by atoms with Crippen LogP contribution < -0.4 is 0 Å². The van der Waals surface area contributed by atoms with E-state index in [0.717, 1.165) is 5.56 Å². The number of rotatable bonds is 5. The van der Waals surface area contributed by atoms with Crippen molar-refractivity contribution >= 4 is 5.91 Å². The smallest absolute Gasteiger partial charge is 0.249 e. The lowest BCUT2D eigenvalue weighted by Gasteiger charge is -2.32. The number of carbonyl (C=O) groups is 1. The fourth-order valence-electron chi connectivity index (χ4n) is 3.24. The minimum absolute atomic E-state index is 0.149. The Kier molecular flexibility index (Phi) is 3.70. The molecule has 116 valence electrons. The molecule has 3 atom stereocenters. The Balaban J connectivity index is 1.90. The van der Waals surface area contributed by atoms with Crippen LogP contribution in [0.15, 0.2) is 42.5 Å². The van der Waals surface area contributed by atoms with Crippen molar-refractivity contribution in [2.75, 3.05) is 6.61 Å². The topological polar surface area (TPSA) is 72.7 Å². The van der Waals surface area contributed by atoms with Crippen LogP contribution in [0.3, 0.4) is 0 Å². The van der Waals surface area contributed by atoms with Crippen molar-refractivity contribution in [1.82, 2.24) is 4.90 Å². The number of benzene rings is 1. The number of nitrogens with zero attached hydrogens (tertiary/aromatic N) is 2. The zero-order valence-corrected chi connectivity index (χ0v) is 12.3. The Hall–Kier alpha value is -2.21. The Morgan fingerprint density at radius 3 is 2.82 bits per heavy atom. The van der Waals surface area contributed by atoms with Gasteiger partial charge in [-0.3, -0.25) is 19.8 Å².